The number of rotatable bonds is 6. The van der Waals surface area contributed by atoms with Gasteiger partial charge in [-0.2, -0.15) is 0 Å². The number of aliphatic carboxylic acids is 1. The Balaban J connectivity index is 1.59. The minimum atomic E-state index is -1.04. The van der Waals surface area contributed by atoms with Gasteiger partial charge in [-0.1, -0.05) is 0 Å². The number of nitrogens with one attached hydrogen (secondary N) is 1. The molecule has 0 saturated carbocycles. The maximum atomic E-state index is 12.3. The number of carbonyl (C=O) groups is 2. The van der Waals surface area contributed by atoms with Crippen LogP contribution in [-0.4, -0.2) is 35.2 Å². The summed E-state index contributed by atoms with van der Waals surface area (Å²) in [6.07, 6.45) is 3.51. The predicted molar refractivity (Wildman–Crippen MR) is 87.6 cm³/mol. The number of benzene rings is 1. The van der Waals surface area contributed by atoms with E-state index in [0.717, 1.165) is 24.5 Å². The molecule has 2 heterocycles. The van der Waals surface area contributed by atoms with Crippen LogP contribution in [0.15, 0.2) is 30.5 Å². The molecule has 1 aliphatic rings. The van der Waals surface area contributed by atoms with Crippen molar-refractivity contribution in [3.8, 4) is 5.75 Å². The number of nitrogens with zero attached hydrogens (tertiary/aromatic N) is 1. The first kappa shape index (κ1) is 16.4. The third kappa shape index (κ3) is 4.09. The van der Waals surface area contributed by atoms with E-state index >= 15 is 0 Å². The molecule has 2 N–H and O–H groups in total. The molecule has 2 aromatic rings. The number of ether oxygens (including phenoxy) is 2. The molecule has 1 atom stereocenters. The van der Waals surface area contributed by atoms with E-state index in [0.29, 0.717) is 16.3 Å². The Morgan fingerprint density at radius 1 is 1.38 bits per heavy atom. The number of hydrogen-bond donors (Lipinski definition) is 2. The van der Waals surface area contributed by atoms with Gasteiger partial charge in [0, 0.05) is 12.3 Å². The van der Waals surface area contributed by atoms with Gasteiger partial charge in [0.2, 0.25) is 0 Å². The highest BCUT2D eigenvalue weighted by molar-refractivity contribution is 7.13. The molecule has 0 spiro atoms. The molecule has 126 valence electrons. The minimum absolute atomic E-state index is 0.00205. The molecule has 0 radical (unpaired) electrons. The van der Waals surface area contributed by atoms with Gasteiger partial charge >= 0.3 is 5.97 Å². The monoisotopic (exact) mass is 348 g/mol. The first-order chi connectivity index (χ1) is 11.6. The summed E-state index contributed by atoms with van der Waals surface area (Å²) in [5.74, 6) is -0.857. The standard InChI is InChI=1S/C16H16N2O5S/c19-14(20)9-23-11-5-3-10(4-6-11)18-15(21)13-8-17-16(24-13)12-2-1-7-22-12/h3-6,8,12H,1-2,7,9H2,(H,18,21)(H,19,20). The molecule has 1 saturated heterocycles. The van der Waals surface area contributed by atoms with E-state index in [2.05, 4.69) is 10.3 Å². The van der Waals surface area contributed by atoms with E-state index < -0.39 is 12.6 Å². The number of carboxylic acid groups (broad SMARTS) is 1. The Morgan fingerprint density at radius 3 is 2.83 bits per heavy atom. The summed E-state index contributed by atoms with van der Waals surface area (Å²) in [7, 11) is 0. The van der Waals surface area contributed by atoms with Gasteiger partial charge in [-0.25, -0.2) is 9.78 Å². The van der Waals surface area contributed by atoms with E-state index in [4.69, 9.17) is 14.6 Å². The van der Waals surface area contributed by atoms with Crippen molar-refractivity contribution in [1.29, 1.82) is 0 Å². The van der Waals surface area contributed by atoms with Crippen LogP contribution in [0.5, 0.6) is 5.75 Å². The van der Waals surface area contributed by atoms with Gasteiger partial charge in [-0.05, 0) is 37.1 Å². The topological polar surface area (TPSA) is 97.8 Å². The summed E-state index contributed by atoms with van der Waals surface area (Å²) >= 11 is 1.33. The zero-order valence-corrected chi connectivity index (χ0v) is 13.5. The normalized spacial score (nSPS) is 16.8. The minimum Gasteiger partial charge on any atom is -0.482 e. The molecule has 1 aromatic heterocycles. The zero-order valence-electron chi connectivity index (χ0n) is 12.7. The van der Waals surface area contributed by atoms with Crippen LogP contribution >= 0.6 is 11.3 Å². The van der Waals surface area contributed by atoms with E-state index in [-0.39, 0.29) is 12.0 Å². The van der Waals surface area contributed by atoms with Crippen LogP contribution in [0.3, 0.4) is 0 Å². The molecule has 7 nitrogen and oxygen atoms in total. The molecule has 0 bridgehead atoms. The number of carbonyl (C=O) groups excluding carboxylic acids is 1. The van der Waals surface area contributed by atoms with Crippen molar-refractivity contribution in [3.63, 3.8) is 0 Å². The molecule has 1 aliphatic heterocycles. The van der Waals surface area contributed by atoms with Crippen LogP contribution in [0, 0.1) is 0 Å². The van der Waals surface area contributed by atoms with Gasteiger partial charge in [-0.3, -0.25) is 4.79 Å². The Kier molecular flexibility index (Phi) is 5.07. The largest absolute Gasteiger partial charge is 0.482 e. The van der Waals surface area contributed by atoms with Crippen LogP contribution in [0.4, 0.5) is 5.69 Å². The molecule has 0 aliphatic carbocycles. The molecule has 1 fully saturated rings. The van der Waals surface area contributed by atoms with Crippen molar-refractivity contribution in [2.24, 2.45) is 0 Å². The van der Waals surface area contributed by atoms with Crippen molar-refractivity contribution in [1.82, 2.24) is 4.98 Å². The average Bonchev–Trinajstić information content (AvgIpc) is 3.25. The van der Waals surface area contributed by atoms with Gasteiger partial charge in [0.25, 0.3) is 5.91 Å². The second-order valence-corrected chi connectivity index (χ2v) is 6.29. The lowest BCUT2D eigenvalue weighted by atomic mass is 10.2. The third-order valence-electron chi connectivity index (χ3n) is 3.43. The smallest absolute Gasteiger partial charge is 0.341 e. The molecular formula is C16H16N2O5S. The molecule has 1 amide bonds. The summed E-state index contributed by atoms with van der Waals surface area (Å²) in [6.45, 7) is 0.334. The van der Waals surface area contributed by atoms with Crippen molar-refractivity contribution >= 4 is 28.9 Å². The third-order valence-corrected chi connectivity index (χ3v) is 4.52. The summed E-state index contributed by atoms with van der Waals surface area (Å²) in [5, 5.41) is 12.2. The quantitative estimate of drug-likeness (QED) is 0.833. The van der Waals surface area contributed by atoms with Crippen molar-refractivity contribution in [2.75, 3.05) is 18.5 Å². The first-order valence-corrected chi connectivity index (χ1v) is 8.27. The Morgan fingerprint density at radius 2 is 2.17 bits per heavy atom. The van der Waals surface area contributed by atoms with Crippen LogP contribution < -0.4 is 10.1 Å². The Hall–Kier alpha value is -2.45. The maximum Gasteiger partial charge on any atom is 0.341 e. The van der Waals surface area contributed by atoms with Crippen LogP contribution in [0.1, 0.15) is 33.6 Å². The molecule has 3 rings (SSSR count). The maximum absolute atomic E-state index is 12.3. The SMILES string of the molecule is O=C(O)COc1ccc(NC(=O)c2cnc(C3CCCO3)s2)cc1. The van der Waals surface area contributed by atoms with Gasteiger partial charge in [0.15, 0.2) is 6.61 Å². The average molecular weight is 348 g/mol. The molecule has 1 unspecified atom stereocenters. The molecule has 24 heavy (non-hydrogen) atoms. The summed E-state index contributed by atoms with van der Waals surface area (Å²) in [5.41, 5.74) is 0.592. The van der Waals surface area contributed by atoms with Crippen LogP contribution in [-0.2, 0) is 9.53 Å². The van der Waals surface area contributed by atoms with Gasteiger partial charge in [0.05, 0.1) is 6.20 Å². The van der Waals surface area contributed by atoms with Crippen molar-refractivity contribution in [2.45, 2.75) is 18.9 Å². The van der Waals surface area contributed by atoms with Gasteiger partial charge in [0.1, 0.15) is 21.7 Å². The lowest BCUT2D eigenvalue weighted by Crippen LogP contribution is -2.11. The zero-order chi connectivity index (χ0) is 16.9. The van der Waals surface area contributed by atoms with Gasteiger partial charge < -0.3 is 19.9 Å². The van der Waals surface area contributed by atoms with Crippen LogP contribution in [0.2, 0.25) is 0 Å². The lowest BCUT2D eigenvalue weighted by Gasteiger charge is -2.06. The molecule has 1 aromatic carbocycles. The summed E-state index contributed by atoms with van der Waals surface area (Å²) < 4.78 is 10.6. The summed E-state index contributed by atoms with van der Waals surface area (Å²) in [6, 6.07) is 6.50. The number of amides is 1. The highest BCUT2D eigenvalue weighted by Gasteiger charge is 2.22. The fourth-order valence-corrected chi connectivity index (χ4v) is 3.18. The van der Waals surface area contributed by atoms with Gasteiger partial charge in [-0.15, -0.1) is 11.3 Å². The van der Waals surface area contributed by atoms with Crippen molar-refractivity contribution in [3.05, 3.63) is 40.3 Å². The second-order valence-electron chi connectivity index (χ2n) is 5.23. The summed E-state index contributed by atoms with van der Waals surface area (Å²) in [4.78, 5) is 27.5. The number of hydrogen-bond acceptors (Lipinski definition) is 6. The lowest BCUT2D eigenvalue weighted by molar-refractivity contribution is -0.139. The van der Waals surface area contributed by atoms with E-state index in [1.807, 2.05) is 0 Å². The fraction of sp³-hybridized carbons (Fsp3) is 0.312. The Labute approximate surface area is 142 Å². The highest BCUT2D eigenvalue weighted by Crippen LogP contribution is 2.31. The predicted octanol–water partition coefficient (Wildman–Crippen LogP) is 2.71. The van der Waals surface area contributed by atoms with Crippen LogP contribution in [0.25, 0.3) is 0 Å². The number of thiazole rings is 1. The van der Waals surface area contributed by atoms with Crippen molar-refractivity contribution < 1.29 is 24.2 Å². The number of aromatic nitrogens is 1. The molecule has 8 heteroatoms. The second kappa shape index (κ2) is 7.41. The number of anilines is 1. The fourth-order valence-electron chi connectivity index (χ4n) is 2.29. The van der Waals surface area contributed by atoms with E-state index in [1.165, 1.54) is 11.3 Å². The van der Waals surface area contributed by atoms with E-state index in [1.54, 1.807) is 30.5 Å². The first-order valence-electron chi connectivity index (χ1n) is 7.45. The number of carboxylic acids is 1. The highest BCUT2D eigenvalue weighted by atomic mass is 32.1. The molecular weight excluding hydrogens is 332 g/mol. The Bertz CT molecular complexity index is 722. The van der Waals surface area contributed by atoms with E-state index in [9.17, 15) is 9.59 Å².